The van der Waals surface area contributed by atoms with Crippen LogP contribution in [0.3, 0.4) is 0 Å². The van der Waals surface area contributed by atoms with Crippen molar-refractivity contribution in [1.29, 1.82) is 0 Å². The third kappa shape index (κ3) is 2.98. The monoisotopic (exact) mass is 275 g/mol. The van der Waals surface area contributed by atoms with Crippen molar-refractivity contribution in [3.05, 3.63) is 51.7 Å². The summed E-state index contributed by atoms with van der Waals surface area (Å²) in [7, 11) is 0. The molecule has 20 heavy (non-hydrogen) atoms. The van der Waals surface area contributed by atoms with Gasteiger partial charge in [-0.3, -0.25) is 10.1 Å². The van der Waals surface area contributed by atoms with E-state index in [1.54, 1.807) is 0 Å². The Bertz CT molecular complexity index is 618. The molecule has 0 spiro atoms. The lowest BCUT2D eigenvalue weighted by Crippen LogP contribution is -2.13. The first-order valence-electron chi connectivity index (χ1n) is 5.78. The van der Waals surface area contributed by atoms with Gasteiger partial charge in [0.2, 0.25) is 5.82 Å². The lowest BCUT2D eigenvalue weighted by Gasteiger charge is -2.08. The lowest BCUT2D eigenvalue weighted by molar-refractivity contribution is -0.385. The van der Waals surface area contributed by atoms with Gasteiger partial charge in [0.25, 0.3) is 0 Å². The zero-order valence-corrected chi connectivity index (χ0v) is 10.7. The minimum Gasteiger partial charge on any atom is -0.459 e. The molecule has 0 radical (unpaired) electrons. The Labute approximate surface area is 114 Å². The predicted octanol–water partition coefficient (Wildman–Crippen LogP) is 1.56. The number of nitrogen functional groups attached to an aromatic ring is 1. The molecular weight excluding hydrogens is 262 g/mol. The molecule has 0 unspecified atom stereocenters. The van der Waals surface area contributed by atoms with Crippen LogP contribution < -0.4 is 16.0 Å². The van der Waals surface area contributed by atoms with Crippen LogP contribution >= 0.6 is 0 Å². The van der Waals surface area contributed by atoms with E-state index in [2.05, 4.69) is 15.4 Å². The Morgan fingerprint density at radius 2 is 2.05 bits per heavy atom. The maximum absolute atomic E-state index is 10.9. The largest absolute Gasteiger partial charge is 0.459 e. The van der Waals surface area contributed by atoms with Crippen molar-refractivity contribution in [2.75, 3.05) is 5.43 Å². The molecule has 8 nitrogen and oxygen atoms in total. The zero-order chi connectivity index (χ0) is 14.5. The third-order valence-corrected chi connectivity index (χ3v) is 2.57. The molecule has 0 amide bonds. The fourth-order valence-electron chi connectivity index (χ4n) is 1.65. The summed E-state index contributed by atoms with van der Waals surface area (Å²) in [4.78, 5) is 18.1. The van der Waals surface area contributed by atoms with Gasteiger partial charge in [-0.15, -0.1) is 0 Å². The van der Waals surface area contributed by atoms with E-state index in [4.69, 9.17) is 10.6 Å². The topological polar surface area (TPSA) is 116 Å². The second-order valence-corrected chi connectivity index (χ2v) is 3.96. The molecule has 0 aliphatic heterocycles. The number of anilines is 1. The SMILES string of the molecule is Cc1nc(OCc2ccccc2)nc(NN)c1[N+](=O)[O-]. The Morgan fingerprint density at radius 1 is 1.35 bits per heavy atom. The first kappa shape index (κ1) is 13.7. The maximum atomic E-state index is 10.9. The second kappa shape index (κ2) is 5.93. The van der Waals surface area contributed by atoms with E-state index in [1.807, 2.05) is 30.3 Å². The third-order valence-electron chi connectivity index (χ3n) is 2.57. The summed E-state index contributed by atoms with van der Waals surface area (Å²) in [5, 5.41) is 10.9. The first-order valence-corrected chi connectivity index (χ1v) is 5.78. The molecular formula is C12H13N5O3. The minimum atomic E-state index is -0.592. The van der Waals surface area contributed by atoms with Crippen LogP contribution in [0.25, 0.3) is 0 Å². The summed E-state index contributed by atoms with van der Waals surface area (Å²) in [5.41, 5.74) is 3.04. The van der Waals surface area contributed by atoms with Crippen molar-refractivity contribution in [3.63, 3.8) is 0 Å². The zero-order valence-electron chi connectivity index (χ0n) is 10.7. The van der Waals surface area contributed by atoms with Crippen molar-refractivity contribution < 1.29 is 9.66 Å². The smallest absolute Gasteiger partial charge is 0.333 e. The molecule has 0 fully saturated rings. The number of aryl methyl sites for hydroxylation is 1. The van der Waals surface area contributed by atoms with Gasteiger partial charge in [0.1, 0.15) is 12.3 Å². The summed E-state index contributed by atoms with van der Waals surface area (Å²) in [6.45, 7) is 1.76. The molecule has 3 N–H and O–H groups in total. The highest BCUT2D eigenvalue weighted by Gasteiger charge is 2.21. The number of rotatable bonds is 5. The van der Waals surface area contributed by atoms with Crippen LogP contribution in [0, 0.1) is 17.0 Å². The lowest BCUT2D eigenvalue weighted by atomic mass is 10.2. The Morgan fingerprint density at radius 3 is 2.65 bits per heavy atom. The van der Waals surface area contributed by atoms with Gasteiger partial charge < -0.3 is 10.2 Å². The molecule has 1 aromatic heterocycles. The molecule has 0 atom stereocenters. The molecule has 2 aromatic rings. The quantitative estimate of drug-likeness (QED) is 0.483. The van der Waals surface area contributed by atoms with E-state index in [0.717, 1.165) is 5.56 Å². The van der Waals surface area contributed by atoms with E-state index in [9.17, 15) is 10.1 Å². The van der Waals surface area contributed by atoms with Gasteiger partial charge in [0, 0.05) is 0 Å². The van der Waals surface area contributed by atoms with Gasteiger partial charge in [-0.05, 0) is 12.5 Å². The summed E-state index contributed by atoms with van der Waals surface area (Å²) < 4.78 is 5.41. The van der Waals surface area contributed by atoms with Gasteiger partial charge in [-0.1, -0.05) is 30.3 Å². The van der Waals surface area contributed by atoms with Crippen molar-refractivity contribution in [3.8, 4) is 6.01 Å². The number of aromatic nitrogens is 2. The molecule has 104 valence electrons. The number of hydrogen-bond donors (Lipinski definition) is 2. The summed E-state index contributed by atoms with van der Waals surface area (Å²) >= 11 is 0. The normalized spacial score (nSPS) is 10.1. The standard InChI is InChI=1S/C12H13N5O3/c1-8-10(17(18)19)11(16-13)15-12(14-8)20-7-9-5-3-2-4-6-9/h2-6H,7,13H2,1H3,(H,14,15,16). The Hall–Kier alpha value is -2.74. The molecule has 0 saturated carbocycles. The van der Waals surface area contributed by atoms with E-state index in [-0.39, 0.29) is 29.8 Å². The number of hydrogen-bond acceptors (Lipinski definition) is 7. The van der Waals surface area contributed by atoms with Crippen LogP contribution in [0.4, 0.5) is 11.5 Å². The minimum absolute atomic E-state index is 0.0323. The highest BCUT2D eigenvalue weighted by atomic mass is 16.6. The van der Waals surface area contributed by atoms with Crippen LogP contribution in [0.2, 0.25) is 0 Å². The molecule has 0 aliphatic rings. The predicted molar refractivity (Wildman–Crippen MR) is 72.0 cm³/mol. The van der Waals surface area contributed by atoms with E-state index in [0.29, 0.717) is 0 Å². The van der Waals surface area contributed by atoms with E-state index in [1.165, 1.54) is 6.92 Å². The van der Waals surface area contributed by atoms with E-state index >= 15 is 0 Å². The van der Waals surface area contributed by atoms with Gasteiger partial charge in [0.15, 0.2) is 0 Å². The van der Waals surface area contributed by atoms with Crippen molar-refractivity contribution in [2.45, 2.75) is 13.5 Å². The highest BCUT2D eigenvalue weighted by molar-refractivity contribution is 5.58. The molecule has 1 aromatic carbocycles. The molecule has 0 saturated heterocycles. The Kier molecular flexibility index (Phi) is 4.06. The molecule has 8 heteroatoms. The average molecular weight is 275 g/mol. The van der Waals surface area contributed by atoms with Crippen molar-refractivity contribution >= 4 is 11.5 Å². The number of ether oxygens (including phenoxy) is 1. The number of nitrogens with two attached hydrogens (primary N) is 1. The molecule has 0 bridgehead atoms. The molecule has 2 rings (SSSR count). The summed E-state index contributed by atoms with van der Waals surface area (Å²) in [6.07, 6.45) is 0. The molecule has 0 aliphatic carbocycles. The van der Waals surface area contributed by atoms with Gasteiger partial charge >= 0.3 is 11.7 Å². The number of nitrogens with one attached hydrogen (secondary N) is 1. The maximum Gasteiger partial charge on any atom is 0.333 e. The molecule has 1 heterocycles. The van der Waals surface area contributed by atoms with Crippen LogP contribution in [-0.4, -0.2) is 14.9 Å². The Balaban J connectivity index is 2.21. The first-order chi connectivity index (χ1) is 9.61. The number of hydrazine groups is 1. The fourth-order valence-corrected chi connectivity index (χ4v) is 1.65. The van der Waals surface area contributed by atoms with Crippen molar-refractivity contribution in [1.82, 2.24) is 9.97 Å². The number of nitrogens with zero attached hydrogens (tertiary/aromatic N) is 3. The van der Waals surface area contributed by atoms with E-state index < -0.39 is 4.92 Å². The number of nitro groups is 1. The van der Waals surface area contributed by atoms with Crippen LogP contribution in [-0.2, 0) is 6.61 Å². The summed E-state index contributed by atoms with van der Waals surface area (Å²) in [6, 6.07) is 9.47. The second-order valence-electron chi connectivity index (χ2n) is 3.96. The number of benzene rings is 1. The van der Waals surface area contributed by atoms with Gasteiger partial charge in [-0.25, -0.2) is 5.84 Å². The van der Waals surface area contributed by atoms with Gasteiger partial charge in [-0.2, -0.15) is 9.97 Å². The van der Waals surface area contributed by atoms with Crippen LogP contribution in [0.5, 0.6) is 6.01 Å². The summed E-state index contributed by atoms with van der Waals surface area (Å²) in [5.74, 6) is 5.16. The van der Waals surface area contributed by atoms with Gasteiger partial charge in [0.05, 0.1) is 4.92 Å². The van der Waals surface area contributed by atoms with Crippen molar-refractivity contribution in [2.24, 2.45) is 5.84 Å². The fraction of sp³-hybridized carbons (Fsp3) is 0.167. The highest BCUT2D eigenvalue weighted by Crippen LogP contribution is 2.26. The van der Waals surface area contributed by atoms with Crippen LogP contribution in [0.15, 0.2) is 30.3 Å². The van der Waals surface area contributed by atoms with Crippen LogP contribution in [0.1, 0.15) is 11.3 Å². The average Bonchev–Trinajstić information content (AvgIpc) is 2.45.